The molecule has 0 spiro atoms. The smallest absolute Gasteiger partial charge is 0.312 e. The Labute approximate surface area is 466 Å². The van der Waals surface area contributed by atoms with E-state index in [1.807, 2.05) is 48.5 Å². The number of benzene rings is 3. The molecule has 0 aliphatic heterocycles. The van der Waals surface area contributed by atoms with Gasteiger partial charge in [-0.25, -0.2) is 0 Å². The average Bonchev–Trinajstić information content (AvgIpc) is 3.35. The molecule has 18 heteroatoms. The van der Waals surface area contributed by atoms with Crippen molar-refractivity contribution in [2.75, 3.05) is 26.4 Å². The molecule has 0 aliphatic carbocycles. The molecular weight excluding hydrogens is 1010 g/mol. The molecule has 2 unspecified atom stereocenters. The molecule has 3 rings (SSSR count). The predicted octanol–water partition coefficient (Wildman–Crippen LogP) is 10.2. The van der Waals surface area contributed by atoms with Crippen LogP contribution in [0.25, 0.3) is 0 Å². The van der Waals surface area contributed by atoms with Gasteiger partial charge in [0.15, 0.2) is 12.2 Å². The van der Waals surface area contributed by atoms with E-state index in [9.17, 15) is 28.8 Å². The molecule has 3 aromatic carbocycles. The molecular formula is C61H82N6O12. The Kier molecular flexibility index (Phi) is 27.5. The van der Waals surface area contributed by atoms with E-state index in [4.69, 9.17) is 39.2 Å². The first-order valence-electron chi connectivity index (χ1n) is 26.4. The van der Waals surface area contributed by atoms with Crippen LogP contribution < -0.4 is 0 Å². The van der Waals surface area contributed by atoms with Crippen molar-refractivity contribution in [1.29, 1.82) is 10.8 Å². The monoisotopic (exact) mass is 1090 g/mol. The largest absolute Gasteiger partial charge is 0.461 e. The lowest BCUT2D eigenvalue weighted by molar-refractivity contribution is -0.165. The second-order valence-corrected chi connectivity index (χ2v) is 22.1. The molecule has 428 valence electrons. The molecule has 0 saturated carbocycles. The fourth-order valence-corrected chi connectivity index (χ4v) is 7.45. The topological polar surface area (TPSA) is 255 Å². The third-order valence-electron chi connectivity index (χ3n) is 11.4. The summed E-state index contributed by atoms with van der Waals surface area (Å²) in [6.07, 6.45) is -2.37. The van der Waals surface area contributed by atoms with Crippen LogP contribution in [0.15, 0.2) is 92.8 Å². The van der Waals surface area contributed by atoms with Gasteiger partial charge in [-0.15, -0.1) is 0 Å². The number of hydrogen-bond acceptors (Lipinski definition) is 18. The summed E-state index contributed by atoms with van der Waals surface area (Å²) >= 11 is 0. The molecule has 2 atom stereocenters. The van der Waals surface area contributed by atoms with Gasteiger partial charge in [0.1, 0.15) is 26.4 Å². The molecule has 0 heterocycles. The van der Waals surface area contributed by atoms with Gasteiger partial charge in [-0.1, -0.05) is 114 Å². The van der Waals surface area contributed by atoms with Crippen molar-refractivity contribution in [2.45, 2.75) is 172 Å². The fourth-order valence-electron chi connectivity index (χ4n) is 7.45. The predicted molar refractivity (Wildman–Crippen MR) is 307 cm³/mol. The molecule has 79 heavy (non-hydrogen) atoms. The molecule has 2 N–H and O–H groups in total. The van der Waals surface area contributed by atoms with Gasteiger partial charge in [0.2, 0.25) is 0 Å². The Morgan fingerprint density at radius 3 is 1.04 bits per heavy atom. The van der Waals surface area contributed by atoms with Crippen LogP contribution in [-0.4, -0.2) is 109 Å². The Morgan fingerprint density at radius 2 is 0.709 bits per heavy atom. The maximum Gasteiger partial charge on any atom is 0.312 e. The summed E-state index contributed by atoms with van der Waals surface area (Å²) in [5.41, 5.74) is 8.40. The normalized spacial score (nSPS) is 13.2. The molecule has 18 nitrogen and oxygen atoms in total. The van der Waals surface area contributed by atoms with Gasteiger partial charge in [0, 0.05) is 34.3 Å². The van der Waals surface area contributed by atoms with Crippen molar-refractivity contribution in [3.05, 3.63) is 106 Å². The number of aliphatic imine (C=N–C) groups is 4. The van der Waals surface area contributed by atoms with Crippen molar-refractivity contribution in [1.82, 2.24) is 0 Å². The van der Waals surface area contributed by atoms with E-state index in [2.05, 4.69) is 85.8 Å². The third kappa shape index (κ3) is 29.7. The zero-order chi connectivity index (χ0) is 58.7. The van der Waals surface area contributed by atoms with Gasteiger partial charge < -0.3 is 39.2 Å². The highest BCUT2D eigenvalue weighted by atomic mass is 16.6. The highest BCUT2D eigenvalue weighted by Gasteiger charge is 2.23. The molecule has 3 aromatic rings. The van der Waals surface area contributed by atoms with Crippen LogP contribution in [0.4, 0.5) is 0 Å². The number of carbonyl (C=O) groups is 6. The number of hydrogen-bond donors (Lipinski definition) is 2. The van der Waals surface area contributed by atoms with E-state index in [1.54, 1.807) is 27.7 Å². The molecule has 0 amide bonds. The summed E-state index contributed by atoms with van der Waals surface area (Å²) in [7, 11) is 0. The first-order chi connectivity index (χ1) is 37.1. The van der Waals surface area contributed by atoms with E-state index in [0.29, 0.717) is 35.9 Å². The minimum atomic E-state index is -1.11. The first kappa shape index (κ1) is 65.8. The second kappa shape index (κ2) is 33.1. The lowest BCUT2D eigenvalue weighted by atomic mass is 9.86. The summed E-state index contributed by atoms with van der Waals surface area (Å²) in [6.45, 7) is 22.4. The number of nitrogens with one attached hydrogen (secondary N) is 2. The van der Waals surface area contributed by atoms with Crippen LogP contribution in [0.1, 0.15) is 155 Å². The van der Waals surface area contributed by atoms with Crippen molar-refractivity contribution in [3.8, 4) is 0 Å². The van der Waals surface area contributed by atoms with Crippen LogP contribution >= 0.6 is 0 Å². The lowest BCUT2D eigenvalue weighted by Gasteiger charge is -2.19. The summed E-state index contributed by atoms with van der Waals surface area (Å²) in [5, 5.41) is 15.2. The van der Waals surface area contributed by atoms with Gasteiger partial charge in [0.25, 0.3) is 0 Å². The fraction of sp³-hybridized carbons (Fsp3) is 0.508. The van der Waals surface area contributed by atoms with Crippen LogP contribution in [0.3, 0.4) is 0 Å². The van der Waals surface area contributed by atoms with E-state index in [1.165, 1.54) is 25.0 Å². The summed E-state index contributed by atoms with van der Waals surface area (Å²) in [6, 6.07) is 23.8. The van der Waals surface area contributed by atoms with Gasteiger partial charge in [-0.05, 0) is 92.2 Å². The van der Waals surface area contributed by atoms with Crippen molar-refractivity contribution in [2.24, 2.45) is 25.4 Å². The van der Waals surface area contributed by atoms with Crippen molar-refractivity contribution >= 4 is 70.1 Å². The Hall–Kier alpha value is -7.50. The maximum absolute atomic E-state index is 13.1. The summed E-state index contributed by atoms with van der Waals surface area (Å²) < 4.78 is 32.6. The van der Waals surface area contributed by atoms with Gasteiger partial charge in [0.05, 0.1) is 64.7 Å². The Morgan fingerprint density at radius 1 is 0.418 bits per heavy atom. The van der Waals surface area contributed by atoms with Crippen LogP contribution in [0.2, 0.25) is 0 Å². The van der Waals surface area contributed by atoms with E-state index >= 15 is 0 Å². The Bertz CT molecular complexity index is 2730. The third-order valence-corrected chi connectivity index (χ3v) is 11.4. The molecule has 0 bridgehead atoms. The Balaban J connectivity index is 1.55. The second-order valence-electron chi connectivity index (χ2n) is 22.1. The highest BCUT2D eigenvalue weighted by molar-refractivity contribution is 6.00. The van der Waals surface area contributed by atoms with Gasteiger partial charge >= 0.3 is 35.8 Å². The molecule has 0 radical (unpaired) electrons. The minimum Gasteiger partial charge on any atom is -0.461 e. The molecule has 0 saturated heterocycles. The number of rotatable bonds is 31. The van der Waals surface area contributed by atoms with Crippen LogP contribution in [0, 0.1) is 16.2 Å². The zero-order valence-corrected chi connectivity index (χ0v) is 48.4. The molecule has 0 aliphatic rings. The number of ether oxygens (including phenoxy) is 6. The number of nitrogens with zero attached hydrogens (tertiary/aromatic N) is 4. The zero-order valence-electron chi connectivity index (χ0n) is 48.4. The SMILES string of the molecule is CC(=N)CC(=O)OCC(COC(=O)CC(C)=NCc1cccc(CC(C)(C)C)c1)OC(=O)CC(C)=NCc1cccc(CN=C(C)CC(=O)OC(COC(=O)CC(C)=N)COC(=O)CC(C)=NCc2cccc(C(C)(C)C)c2)c1. The number of carbonyl (C=O) groups excluding carboxylic acids is 6. The quantitative estimate of drug-likeness (QED) is 0.0347. The van der Waals surface area contributed by atoms with Gasteiger partial charge in [-0.2, -0.15) is 0 Å². The standard InChI is InChI=1S/C61H82N6O12/c1-40(62)22-54(68)74-36-52(38-76-56(70)24-42(3)64-32-47-17-13-16-46(28-47)31-60(7,8)9)78-58(72)26-44(5)65-33-48-18-14-19-49(29-48)34-66-45(6)27-59(73)79-53(37-75-55(69)23-41(2)63)39-77-57(71)25-43(4)67-35-50-20-15-21-51(30-50)61(10,11)12/h13-21,28-30,52-53,62-63H,22-27,31-39H2,1-12H3. The molecule has 0 aromatic heterocycles. The van der Waals surface area contributed by atoms with Crippen LogP contribution in [-0.2, 0) is 95.2 Å². The molecule has 0 fully saturated rings. The van der Waals surface area contributed by atoms with Crippen molar-refractivity contribution < 1.29 is 57.2 Å². The van der Waals surface area contributed by atoms with E-state index < -0.39 is 48.0 Å². The van der Waals surface area contributed by atoms with E-state index in [0.717, 1.165) is 28.7 Å². The van der Waals surface area contributed by atoms with Crippen molar-refractivity contribution in [3.63, 3.8) is 0 Å². The maximum atomic E-state index is 13.1. The number of esters is 6. The highest BCUT2D eigenvalue weighted by Crippen LogP contribution is 2.24. The lowest BCUT2D eigenvalue weighted by Crippen LogP contribution is -2.31. The van der Waals surface area contributed by atoms with Gasteiger partial charge in [-0.3, -0.25) is 48.7 Å². The average molecular weight is 1090 g/mol. The minimum absolute atomic E-state index is 0.0199. The summed E-state index contributed by atoms with van der Waals surface area (Å²) in [5.74, 6) is -3.92. The summed E-state index contributed by atoms with van der Waals surface area (Å²) in [4.78, 5) is 94.6. The van der Waals surface area contributed by atoms with E-state index in [-0.39, 0.29) is 100 Å². The van der Waals surface area contributed by atoms with Crippen LogP contribution in [0.5, 0.6) is 0 Å². The first-order valence-corrected chi connectivity index (χ1v) is 26.4.